The second kappa shape index (κ2) is 9.63. The van der Waals surface area contributed by atoms with Crippen LogP contribution in [0.3, 0.4) is 0 Å². The van der Waals surface area contributed by atoms with Crippen molar-refractivity contribution in [1.82, 2.24) is 14.3 Å². The monoisotopic (exact) mass is 508 g/mol. The van der Waals surface area contributed by atoms with E-state index >= 15 is 0 Å². The van der Waals surface area contributed by atoms with Gasteiger partial charge in [-0.1, -0.05) is 36.4 Å². The predicted octanol–water partition coefficient (Wildman–Crippen LogP) is 5.51. The van der Waals surface area contributed by atoms with Gasteiger partial charge < -0.3 is 4.74 Å². The summed E-state index contributed by atoms with van der Waals surface area (Å²) in [7, 11) is -1.54. The summed E-state index contributed by atoms with van der Waals surface area (Å²) < 4.78 is 66.1. The molecule has 2 aromatic carbocycles. The van der Waals surface area contributed by atoms with Gasteiger partial charge in [0.05, 0.1) is 17.4 Å². The molecule has 3 aromatic rings. The summed E-state index contributed by atoms with van der Waals surface area (Å²) in [5, 5.41) is 0.452. The molecule has 0 spiro atoms. The molecule has 0 amide bonds. The van der Waals surface area contributed by atoms with Crippen LogP contribution in [-0.2, 0) is 11.0 Å². The second-order valence-electron chi connectivity index (χ2n) is 8.40. The second-order valence-corrected chi connectivity index (χ2v) is 10.4. The van der Waals surface area contributed by atoms with Gasteiger partial charge in [-0.2, -0.15) is 17.5 Å². The molecule has 1 unspecified atom stereocenters. The Morgan fingerprint density at radius 1 is 1.12 bits per heavy atom. The zero-order valence-corrected chi connectivity index (χ0v) is 19.7. The third kappa shape index (κ3) is 4.82. The minimum atomic E-state index is -4.20. The van der Waals surface area contributed by atoms with Crippen molar-refractivity contribution in [3.8, 4) is 5.75 Å². The molecule has 5 rings (SSSR count). The zero-order valence-electron chi connectivity index (χ0n) is 18.1. The first-order valence-corrected chi connectivity index (χ1v) is 12.9. The third-order valence-corrected chi connectivity index (χ3v) is 8.21. The highest BCUT2D eigenvalue weighted by molar-refractivity contribution is 7.86. The smallest absolute Gasteiger partial charge is 0.391 e. The normalized spacial score (nSPS) is 24.1. The molecule has 1 N–H and O–H groups in total. The fourth-order valence-corrected chi connectivity index (χ4v) is 6.22. The highest BCUT2D eigenvalue weighted by Crippen LogP contribution is 2.48. The summed E-state index contributed by atoms with van der Waals surface area (Å²) in [4.78, 5) is 6.71. The molecule has 1 saturated heterocycles. The number of anilines is 1. The summed E-state index contributed by atoms with van der Waals surface area (Å²) in [5.74, 6) is -0.699. The lowest BCUT2D eigenvalue weighted by Crippen LogP contribution is -2.44. The molecule has 0 bridgehead atoms. The maximum Gasteiger partial charge on any atom is 0.391 e. The average molecular weight is 509 g/mol. The highest BCUT2D eigenvalue weighted by Gasteiger charge is 2.46. The molecule has 1 aromatic heterocycles. The molecule has 3 heterocycles. The van der Waals surface area contributed by atoms with Gasteiger partial charge in [-0.3, -0.25) is 9.62 Å². The van der Waals surface area contributed by atoms with Crippen LogP contribution in [0.2, 0.25) is 0 Å². The Labute approximate surface area is 201 Å². The summed E-state index contributed by atoms with van der Waals surface area (Å²) in [6, 6.07) is 14.4. The van der Waals surface area contributed by atoms with Crippen LogP contribution in [0.15, 0.2) is 59.8 Å². The van der Waals surface area contributed by atoms with E-state index < -0.39 is 23.1 Å². The molecule has 0 saturated carbocycles. The minimum absolute atomic E-state index is 0.0358. The summed E-state index contributed by atoms with van der Waals surface area (Å²) in [5.41, 5.74) is 1.80. The molecule has 2 aliphatic rings. The summed E-state index contributed by atoms with van der Waals surface area (Å²) >= 11 is 1.11. The first-order valence-electron chi connectivity index (χ1n) is 11.0. The Bertz CT molecular complexity index is 1140. The molecular formula is C23H23F3N4O2S2. The number of nitrogens with zero attached hydrogens (tertiary/aromatic N) is 3. The molecule has 1 fully saturated rings. The number of halogens is 3. The number of piperidine rings is 1. The SMILES string of the molecule is O=S(Nc1ncns1)c1ccc2c(c1)OCC[C@@H]2N1CC[C@@H](C(F)(F)F)C[C@H]1c1ccccc1. The number of ether oxygens (including phenoxy) is 1. The van der Waals surface area contributed by atoms with Crippen molar-refractivity contribution in [2.45, 2.75) is 42.4 Å². The number of alkyl halides is 3. The topological polar surface area (TPSA) is 67.3 Å². The van der Waals surface area contributed by atoms with Gasteiger partial charge in [0.15, 0.2) is 11.0 Å². The molecule has 2 aliphatic heterocycles. The lowest BCUT2D eigenvalue weighted by molar-refractivity contribution is -0.192. The van der Waals surface area contributed by atoms with E-state index in [0.717, 1.165) is 22.7 Å². The molecule has 6 nitrogen and oxygen atoms in total. The van der Waals surface area contributed by atoms with Crippen LogP contribution in [0.4, 0.5) is 18.3 Å². The lowest BCUT2D eigenvalue weighted by Gasteiger charge is -2.46. The van der Waals surface area contributed by atoms with Gasteiger partial charge >= 0.3 is 6.18 Å². The van der Waals surface area contributed by atoms with Crippen LogP contribution in [-0.4, -0.2) is 37.8 Å². The fraction of sp³-hybridized carbons (Fsp3) is 0.391. The third-order valence-electron chi connectivity index (χ3n) is 6.44. The van der Waals surface area contributed by atoms with Crippen LogP contribution in [0.1, 0.15) is 42.5 Å². The van der Waals surface area contributed by atoms with Gasteiger partial charge in [0.25, 0.3) is 0 Å². The fourth-order valence-electron chi connectivity index (χ4n) is 4.82. The standard InChI is InChI=1S/C23H23F3N4O2S2/c24-23(25,26)16-8-10-30(20(12-16)15-4-2-1-3-5-15)19-9-11-32-21-13-17(6-7-18(19)21)34(31)29-22-27-14-28-33-22/h1-7,13-14,16,19-20H,8-12H2,(H,27,28,29)/t16-,19+,20+,34?/m1/s1. The Hall–Kier alpha value is -2.50. The van der Waals surface area contributed by atoms with Crippen molar-refractivity contribution in [2.75, 3.05) is 17.9 Å². The van der Waals surface area contributed by atoms with Crippen molar-refractivity contribution < 1.29 is 22.1 Å². The average Bonchev–Trinajstić information content (AvgIpc) is 3.36. The van der Waals surface area contributed by atoms with E-state index in [-0.39, 0.29) is 24.9 Å². The number of hydrogen-bond acceptors (Lipinski definition) is 6. The van der Waals surface area contributed by atoms with Crippen molar-refractivity contribution in [1.29, 1.82) is 0 Å². The van der Waals surface area contributed by atoms with Crippen LogP contribution >= 0.6 is 11.5 Å². The van der Waals surface area contributed by atoms with E-state index in [0.29, 0.717) is 35.3 Å². The number of likely N-dealkylation sites (tertiary alicyclic amines) is 1. The van der Waals surface area contributed by atoms with Gasteiger partial charge in [-0.25, -0.2) is 9.19 Å². The van der Waals surface area contributed by atoms with Crippen LogP contribution < -0.4 is 9.46 Å². The lowest BCUT2D eigenvalue weighted by atomic mass is 9.84. The van der Waals surface area contributed by atoms with E-state index in [1.807, 2.05) is 36.4 Å². The number of rotatable bonds is 5. The first kappa shape index (κ1) is 23.3. The van der Waals surface area contributed by atoms with E-state index in [4.69, 9.17) is 4.74 Å². The molecule has 11 heteroatoms. The van der Waals surface area contributed by atoms with E-state index in [9.17, 15) is 17.4 Å². The number of hydrogen-bond donors (Lipinski definition) is 1. The van der Waals surface area contributed by atoms with Crippen molar-refractivity contribution in [3.05, 3.63) is 66.0 Å². The molecular weight excluding hydrogens is 485 g/mol. The van der Waals surface area contributed by atoms with Gasteiger partial charge in [0.2, 0.25) is 5.13 Å². The Kier molecular flexibility index (Phi) is 6.59. The van der Waals surface area contributed by atoms with E-state index in [1.165, 1.54) is 6.33 Å². The van der Waals surface area contributed by atoms with Crippen LogP contribution in [0, 0.1) is 5.92 Å². The Morgan fingerprint density at radius 3 is 2.68 bits per heavy atom. The number of benzene rings is 2. The van der Waals surface area contributed by atoms with E-state index in [1.54, 1.807) is 12.1 Å². The maximum atomic E-state index is 13.6. The zero-order chi connectivity index (χ0) is 23.7. The van der Waals surface area contributed by atoms with Gasteiger partial charge in [0, 0.05) is 35.6 Å². The number of aromatic nitrogens is 2. The largest absolute Gasteiger partial charge is 0.493 e. The molecule has 4 atom stereocenters. The van der Waals surface area contributed by atoms with Gasteiger partial charge in [-0.05, 0) is 37.1 Å². The molecule has 180 valence electrons. The van der Waals surface area contributed by atoms with Gasteiger partial charge in [0.1, 0.15) is 12.1 Å². The Balaban J connectivity index is 1.43. The molecule has 34 heavy (non-hydrogen) atoms. The van der Waals surface area contributed by atoms with Crippen molar-refractivity contribution >= 4 is 27.6 Å². The first-order chi connectivity index (χ1) is 16.4. The maximum absolute atomic E-state index is 13.6. The molecule has 0 aliphatic carbocycles. The van der Waals surface area contributed by atoms with E-state index in [2.05, 4.69) is 19.0 Å². The van der Waals surface area contributed by atoms with Crippen LogP contribution in [0.25, 0.3) is 0 Å². The number of fused-ring (bicyclic) bond motifs is 1. The molecule has 0 radical (unpaired) electrons. The van der Waals surface area contributed by atoms with Gasteiger partial charge in [-0.15, -0.1) is 0 Å². The highest BCUT2D eigenvalue weighted by atomic mass is 32.2. The number of nitrogens with one attached hydrogen (secondary N) is 1. The van der Waals surface area contributed by atoms with Crippen LogP contribution in [0.5, 0.6) is 5.75 Å². The van der Waals surface area contributed by atoms with Crippen molar-refractivity contribution in [3.63, 3.8) is 0 Å². The quantitative estimate of drug-likeness (QED) is 0.492. The summed E-state index contributed by atoms with van der Waals surface area (Å²) in [6.07, 6.45) is -2.03. The predicted molar refractivity (Wildman–Crippen MR) is 124 cm³/mol. The Morgan fingerprint density at radius 2 is 1.94 bits per heavy atom. The summed E-state index contributed by atoms with van der Waals surface area (Å²) in [6.45, 7) is 0.790. The van der Waals surface area contributed by atoms with Crippen molar-refractivity contribution in [2.24, 2.45) is 5.92 Å². The minimum Gasteiger partial charge on any atom is -0.493 e.